The highest BCUT2D eigenvalue weighted by Gasteiger charge is 2.41. The summed E-state index contributed by atoms with van der Waals surface area (Å²) in [6.45, 7) is 3.81. The van der Waals surface area contributed by atoms with Crippen molar-refractivity contribution >= 4 is 23.2 Å². The van der Waals surface area contributed by atoms with Gasteiger partial charge in [0, 0.05) is 67.3 Å². The summed E-state index contributed by atoms with van der Waals surface area (Å²) < 4.78 is 0. The topological polar surface area (TPSA) is 66.8 Å². The largest absolute Gasteiger partial charge is 0.391 e. The summed E-state index contributed by atoms with van der Waals surface area (Å²) in [4.78, 5) is 25.7. The highest BCUT2D eigenvalue weighted by molar-refractivity contribution is 6.34. The van der Waals surface area contributed by atoms with Gasteiger partial charge in [-0.15, -0.1) is 0 Å². The molecule has 1 aromatic carbocycles. The zero-order chi connectivity index (χ0) is 23.3. The summed E-state index contributed by atoms with van der Waals surface area (Å²) in [6, 6.07) is 13.7. The van der Waals surface area contributed by atoms with Crippen molar-refractivity contribution in [3.05, 3.63) is 64.9 Å². The number of carbonyl (C=O) groups is 1. The SMILES string of the molecule is O=C(C[C@@H]1CCN(CC2CC2)C[C@@H]1[C@H]1CC(c2ccccc2Cl)=NO1)NCCc1ccccn1. The van der Waals surface area contributed by atoms with Crippen molar-refractivity contribution in [1.29, 1.82) is 0 Å². The first-order valence-corrected chi connectivity index (χ1v) is 12.9. The highest BCUT2D eigenvalue weighted by Crippen LogP contribution is 2.37. The second kappa shape index (κ2) is 10.9. The molecular formula is C27H33ClN4O2. The van der Waals surface area contributed by atoms with Gasteiger partial charge >= 0.3 is 0 Å². The first-order valence-electron chi connectivity index (χ1n) is 12.5. The van der Waals surface area contributed by atoms with Crippen molar-refractivity contribution in [3.8, 4) is 0 Å². The van der Waals surface area contributed by atoms with Gasteiger partial charge in [0.25, 0.3) is 0 Å². The zero-order valence-electron chi connectivity index (χ0n) is 19.5. The number of amides is 1. The molecule has 1 N–H and O–H groups in total. The molecule has 3 heterocycles. The van der Waals surface area contributed by atoms with Crippen LogP contribution < -0.4 is 5.32 Å². The van der Waals surface area contributed by atoms with Crippen LogP contribution in [0.3, 0.4) is 0 Å². The number of oxime groups is 1. The van der Waals surface area contributed by atoms with Crippen molar-refractivity contribution in [2.75, 3.05) is 26.2 Å². The number of pyridine rings is 1. The molecule has 34 heavy (non-hydrogen) atoms. The van der Waals surface area contributed by atoms with Crippen molar-refractivity contribution in [3.63, 3.8) is 0 Å². The molecule has 3 aliphatic rings. The van der Waals surface area contributed by atoms with E-state index in [0.29, 0.717) is 18.0 Å². The van der Waals surface area contributed by atoms with E-state index in [4.69, 9.17) is 16.4 Å². The quantitative estimate of drug-likeness (QED) is 0.580. The van der Waals surface area contributed by atoms with E-state index in [1.165, 1.54) is 19.4 Å². The Balaban J connectivity index is 1.20. The van der Waals surface area contributed by atoms with Crippen LogP contribution in [0.25, 0.3) is 0 Å². The summed E-state index contributed by atoms with van der Waals surface area (Å²) in [6.07, 6.45) is 7.52. The summed E-state index contributed by atoms with van der Waals surface area (Å²) in [5.41, 5.74) is 2.85. The standard InChI is InChI=1S/C27H33ClN4O2/c28-24-7-2-1-6-22(24)25-16-26(34-31-25)23-18-32(17-19-8-9-19)14-11-20(23)15-27(33)30-13-10-21-5-3-4-12-29-21/h1-7,12,19-20,23,26H,8-11,13-18H2,(H,30,33)/t20-,23-,26+/m0/s1. The molecule has 3 atom stereocenters. The predicted molar refractivity (Wildman–Crippen MR) is 134 cm³/mol. The van der Waals surface area contributed by atoms with Crippen LogP contribution in [0.1, 0.15) is 43.4 Å². The van der Waals surface area contributed by atoms with E-state index in [9.17, 15) is 4.79 Å². The molecule has 5 rings (SSSR count). The molecule has 1 saturated heterocycles. The molecule has 1 aliphatic carbocycles. The number of halogens is 1. The Morgan fingerprint density at radius 2 is 2.00 bits per heavy atom. The number of nitrogens with zero attached hydrogens (tertiary/aromatic N) is 3. The lowest BCUT2D eigenvalue weighted by Gasteiger charge is -2.40. The minimum absolute atomic E-state index is 0.0143. The molecule has 0 bridgehead atoms. The molecule has 180 valence electrons. The van der Waals surface area contributed by atoms with E-state index < -0.39 is 0 Å². The number of hydrogen-bond donors (Lipinski definition) is 1. The number of carbonyl (C=O) groups excluding carboxylic acids is 1. The molecule has 2 aromatic rings. The lowest BCUT2D eigenvalue weighted by Crippen LogP contribution is -2.47. The van der Waals surface area contributed by atoms with Crippen LogP contribution in [0.5, 0.6) is 0 Å². The smallest absolute Gasteiger partial charge is 0.220 e. The molecule has 1 amide bonds. The lowest BCUT2D eigenvalue weighted by molar-refractivity contribution is -0.123. The number of rotatable bonds is 9. The van der Waals surface area contributed by atoms with Gasteiger partial charge in [0.2, 0.25) is 5.91 Å². The molecule has 0 spiro atoms. The molecule has 2 aliphatic heterocycles. The molecule has 1 aromatic heterocycles. The maximum atomic E-state index is 12.8. The normalized spacial score (nSPS) is 25.0. The van der Waals surface area contributed by atoms with Gasteiger partial charge in [0.1, 0.15) is 6.10 Å². The van der Waals surface area contributed by atoms with Gasteiger partial charge in [-0.25, -0.2) is 0 Å². The van der Waals surface area contributed by atoms with Crippen LogP contribution in [-0.4, -0.2) is 53.8 Å². The number of hydrogen-bond acceptors (Lipinski definition) is 5. The average Bonchev–Trinajstić information content (AvgIpc) is 3.53. The third kappa shape index (κ3) is 5.97. The number of aromatic nitrogens is 1. The van der Waals surface area contributed by atoms with E-state index in [0.717, 1.165) is 55.2 Å². The summed E-state index contributed by atoms with van der Waals surface area (Å²) in [7, 11) is 0. The van der Waals surface area contributed by atoms with Gasteiger partial charge in [-0.1, -0.05) is 41.0 Å². The predicted octanol–water partition coefficient (Wildman–Crippen LogP) is 4.33. The van der Waals surface area contributed by atoms with Gasteiger partial charge in [-0.3, -0.25) is 9.78 Å². The van der Waals surface area contributed by atoms with Crippen molar-refractivity contribution in [2.45, 2.75) is 44.6 Å². The average molecular weight is 481 g/mol. The summed E-state index contributed by atoms with van der Waals surface area (Å²) >= 11 is 6.41. The second-order valence-corrected chi connectivity index (χ2v) is 10.3. The monoisotopic (exact) mass is 480 g/mol. The number of piperidine rings is 1. The number of benzene rings is 1. The maximum absolute atomic E-state index is 12.8. The third-order valence-electron chi connectivity index (χ3n) is 7.34. The fraction of sp³-hybridized carbons (Fsp3) is 0.519. The molecule has 2 fully saturated rings. The Bertz CT molecular complexity index is 1010. The fourth-order valence-electron chi connectivity index (χ4n) is 5.27. The van der Waals surface area contributed by atoms with E-state index in [2.05, 4.69) is 20.4 Å². The summed E-state index contributed by atoms with van der Waals surface area (Å²) in [5, 5.41) is 8.23. The minimum atomic E-state index is -0.0143. The minimum Gasteiger partial charge on any atom is -0.391 e. The number of nitrogens with one attached hydrogen (secondary N) is 1. The molecule has 1 saturated carbocycles. The van der Waals surface area contributed by atoms with Crippen molar-refractivity contribution < 1.29 is 9.63 Å². The van der Waals surface area contributed by atoms with Gasteiger partial charge in [-0.05, 0) is 55.8 Å². The molecule has 7 heteroatoms. The molecule has 0 radical (unpaired) electrons. The third-order valence-corrected chi connectivity index (χ3v) is 7.67. The molecule has 6 nitrogen and oxygen atoms in total. The van der Waals surface area contributed by atoms with Crippen molar-refractivity contribution in [2.24, 2.45) is 22.9 Å². The van der Waals surface area contributed by atoms with Crippen molar-refractivity contribution in [1.82, 2.24) is 15.2 Å². The van der Waals surface area contributed by atoms with Crippen LogP contribution in [0, 0.1) is 17.8 Å². The lowest BCUT2D eigenvalue weighted by atomic mass is 9.78. The number of likely N-dealkylation sites (tertiary alicyclic amines) is 1. The zero-order valence-corrected chi connectivity index (χ0v) is 20.3. The first kappa shape index (κ1) is 23.3. The van der Waals surface area contributed by atoms with Crippen LogP contribution in [0.15, 0.2) is 53.8 Å². The highest BCUT2D eigenvalue weighted by atomic mass is 35.5. The maximum Gasteiger partial charge on any atom is 0.220 e. The van der Waals surface area contributed by atoms with Gasteiger partial charge < -0.3 is 15.1 Å². The Kier molecular flexibility index (Phi) is 7.45. The van der Waals surface area contributed by atoms with Crippen LogP contribution in [-0.2, 0) is 16.1 Å². The van der Waals surface area contributed by atoms with E-state index in [1.807, 2.05) is 42.5 Å². The van der Waals surface area contributed by atoms with Gasteiger partial charge in [0.15, 0.2) is 0 Å². The first-order chi connectivity index (χ1) is 16.7. The van der Waals surface area contributed by atoms with Crippen LogP contribution in [0.2, 0.25) is 5.02 Å². The van der Waals surface area contributed by atoms with E-state index in [1.54, 1.807) is 6.20 Å². The van der Waals surface area contributed by atoms with Gasteiger partial charge in [0.05, 0.1) is 5.71 Å². The van der Waals surface area contributed by atoms with E-state index >= 15 is 0 Å². The van der Waals surface area contributed by atoms with Gasteiger partial charge in [-0.2, -0.15) is 0 Å². The summed E-state index contributed by atoms with van der Waals surface area (Å²) in [5.74, 6) is 1.53. The molecular weight excluding hydrogens is 448 g/mol. The Morgan fingerprint density at radius 1 is 1.15 bits per heavy atom. The van der Waals surface area contributed by atoms with Crippen LogP contribution >= 0.6 is 11.6 Å². The van der Waals surface area contributed by atoms with E-state index in [-0.39, 0.29) is 23.8 Å². The van der Waals surface area contributed by atoms with Crippen LogP contribution in [0.4, 0.5) is 0 Å². The fourth-order valence-corrected chi connectivity index (χ4v) is 5.52. The Morgan fingerprint density at radius 3 is 2.79 bits per heavy atom. The second-order valence-electron chi connectivity index (χ2n) is 9.91. The Labute approximate surface area is 206 Å². The Hall–Kier alpha value is -2.44. The molecule has 0 unspecified atom stereocenters.